The van der Waals surface area contributed by atoms with E-state index in [9.17, 15) is 4.79 Å². The standard InChI is InChI=1S/C18H28N2O3/c1-4-5-14-10-16(22-2)17(23-3)11-15(14)12-20-18(21)13-6-8-19-9-7-13/h10-11,13,19H,4-9,12H2,1-3H3,(H,20,21). The predicted molar refractivity (Wildman–Crippen MR) is 91.0 cm³/mol. The summed E-state index contributed by atoms with van der Waals surface area (Å²) in [5.41, 5.74) is 2.31. The Bertz CT molecular complexity index is 525. The Balaban J connectivity index is 2.08. The van der Waals surface area contributed by atoms with Crippen molar-refractivity contribution in [3.63, 3.8) is 0 Å². The third-order valence-corrected chi connectivity index (χ3v) is 4.39. The molecule has 1 aromatic rings. The maximum absolute atomic E-state index is 12.3. The molecule has 0 bridgehead atoms. The number of methoxy groups -OCH3 is 2. The first-order valence-electron chi connectivity index (χ1n) is 8.41. The zero-order chi connectivity index (χ0) is 16.7. The molecule has 1 aliphatic rings. The molecular formula is C18H28N2O3. The van der Waals surface area contributed by atoms with E-state index in [-0.39, 0.29) is 11.8 Å². The maximum atomic E-state index is 12.3. The molecule has 1 heterocycles. The number of piperidine rings is 1. The highest BCUT2D eigenvalue weighted by molar-refractivity contribution is 5.78. The van der Waals surface area contributed by atoms with Crippen LogP contribution in [0.25, 0.3) is 0 Å². The molecule has 1 fully saturated rings. The van der Waals surface area contributed by atoms with Crippen molar-refractivity contribution in [2.45, 2.75) is 39.2 Å². The van der Waals surface area contributed by atoms with Crippen molar-refractivity contribution in [2.75, 3.05) is 27.3 Å². The molecule has 0 atom stereocenters. The number of benzene rings is 1. The van der Waals surface area contributed by atoms with Gasteiger partial charge in [0.25, 0.3) is 0 Å². The lowest BCUT2D eigenvalue weighted by molar-refractivity contribution is -0.125. The van der Waals surface area contributed by atoms with Gasteiger partial charge in [0, 0.05) is 12.5 Å². The highest BCUT2D eigenvalue weighted by atomic mass is 16.5. The molecule has 1 saturated heterocycles. The van der Waals surface area contributed by atoms with E-state index in [0.29, 0.717) is 12.3 Å². The molecule has 0 aromatic heterocycles. The molecule has 1 amide bonds. The van der Waals surface area contributed by atoms with Gasteiger partial charge in [0.15, 0.2) is 11.5 Å². The Morgan fingerprint density at radius 1 is 1.17 bits per heavy atom. The third kappa shape index (κ3) is 4.61. The maximum Gasteiger partial charge on any atom is 0.223 e. The molecule has 0 radical (unpaired) electrons. The third-order valence-electron chi connectivity index (χ3n) is 4.39. The second-order valence-electron chi connectivity index (χ2n) is 5.97. The number of ether oxygens (including phenoxy) is 2. The molecule has 1 aliphatic heterocycles. The van der Waals surface area contributed by atoms with E-state index in [1.165, 1.54) is 5.56 Å². The first-order chi connectivity index (χ1) is 11.2. The van der Waals surface area contributed by atoms with Gasteiger partial charge >= 0.3 is 0 Å². The highest BCUT2D eigenvalue weighted by Crippen LogP contribution is 2.31. The molecule has 1 aromatic carbocycles. The Kier molecular flexibility index (Phi) is 6.71. The second kappa shape index (κ2) is 8.77. The first-order valence-corrected chi connectivity index (χ1v) is 8.41. The van der Waals surface area contributed by atoms with Crippen LogP contribution < -0.4 is 20.1 Å². The van der Waals surface area contributed by atoms with Crippen LogP contribution in [0.2, 0.25) is 0 Å². The summed E-state index contributed by atoms with van der Waals surface area (Å²) in [6.07, 6.45) is 3.84. The minimum absolute atomic E-state index is 0.131. The summed E-state index contributed by atoms with van der Waals surface area (Å²) in [4.78, 5) is 12.3. The molecule has 23 heavy (non-hydrogen) atoms. The predicted octanol–water partition coefficient (Wildman–Crippen LogP) is 2.27. The number of carbonyl (C=O) groups excluding carboxylic acids is 1. The van der Waals surface area contributed by atoms with Crippen LogP contribution in [0.4, 0.5) is 0 Å². The van der Waals surface area contributed by atoms with Crippen molar-refractivity contribution in [2.24, 2.45) is 5.92 Å². The number of hydrogen-bond acceptors (Lipinski definition) is 4. The molecular weight excluding hydrogens is 292 g/mol. The number of aryl methyl sites for hydroxylation is 1. The van der Waals surface area contributed by atoms with Gasteiger partial charge in [-0.05, 0) is 55.6 Å². The van der Waals surface area contributed by atoms with Crippen molar-refractivity contribution >= 4 is 5.91 Å². The van der Waals surface area contributed by atoms with Crippen molar-refractivity contribution in [1.82, 2.24) is 10.6 Å². The van der Waals surface area contributed by atoms with Crippen LogP contribution in [0.15, 0.2) is 12.1 Å². The smallest absolute Gasteiger partial charge is 0.223 e. The molecule has 0 saturated carbocycles. The number of nitrogens with one attached hydrogen (secondary N) is 2. The monoisotopic (exact) mass is 320 g/mol. The number of amides is 1. The van der Waals surface area contributed by atoms with E-state index in [1.54, 1.807) is 14.2 Å². The average molecular weight is 320 g/mol. The minimum atomic E-state index is 0.131. The Hall–Kier alpha value is -1.75. The van der Waals surface area contributed by atoms with Crippen LogP contribution in [0.5, 0.6) is 11.5 Å². The summed E-state index contributed by atoms with van der Waals surface area (Å²) in [7, 11) is 3.28. The van der Waals surface area contributed by atoms with E-state index in [0.717, 1.165) is 50.1 Å². The fourth-order valence-corrected chi connectivity index (χ4v) is 3.04. The Morgan fingerprint density at radius 2 is 1.78 bits per heavy atom. The van der Waals surface area contributed by atoms with Gasteiger partial charge in [-0.2, -0.15) is 0 Å². The van der Waals surface area contributed by atoms with Gasteiger partial charge in [0.2, 0.25) is 5.91 Å². The Morgan fingerprint density at radius 3 is 2.35 bits per heavy atom. The highest BCUT2D eigenvalue weighted by Gasteiger charge is 2.21. The van der Waals surface area contributed by atoms with Crippen molar-refractivity contribution in [1.29, 1.82) is 0 Å². The number of hydrogen-bond donors (Lipinski definition) is 2. The molecule has 5 heteroatoms. The van der Waals surface area contributed by atoms with Crippen LogP contribution in [-0.4, -0.2) is 33.2 Å². The molecule has 0 aliphatic carbocycles. The van der Waals surface area contributed by atoms with Crippen molar-refractivity contribution < 1.29 is 14.3 Å². The summed E-state index contributed by atoms with van der Waals surface area (Å²) in [6, 6.07) is 4.00. The topological polar surface area (TPSA) is 59.6 Å². The quantitative estimate of drug-likeness (QED) is 0.809. The van der Waals surface area contributed by atoms with Crippen molar-refractivity contribution in [3.8, 4) is 11.5 Å². The van der Waals surface area contributed by atoms with Gasteiger partial charge in [0.05, 0.1) is 14.2 Å². The lowest BCUT2D eigenvalue weighted by atomic mass is 9.96. The minimum Gasteiger partial charge on any atom is -0.493 e. The van der Waals surface area contributed by atoms with E-state index in [1.807, 2.05) is 12.1 Å². The zero-order valence-electron chi connectivity index (χ0n) is 14.4. The fraction of sp³-hybridized carbons (Fsp3) is 0.611. The van der Waals surface area contributed by atoms with E-state index < -0.39 is 0 Å². The molecule has 128 valence electrons. The summed E-state index contributed by atoms with van der Waals surface area (Å²) in [5, 5.41) is 6.38. The lowest BCUT2D eigenvalue weighted by Crippen LogP contribution is -2.38. The molecule has 2 rings (SSSR count). The van der Waals surface area contributed by atoms with Gasteiger partial charge in [-0.15, -0.1) is 0 Å². The van der Waals surface area contributed by atoms with Gasteiger partial charge in [0.1, 0.15) is 0 Å². The first kappa shape index (κ1) is 17.6. The van der Waals surface area contributed by atoms with E-state index >= 15 is 0 Å². The van der Waals surface area contributed by atoms with Crippen LogP contribution in [0.3, 0.4) is 0 Å². The number of carbonyl (C=O) groups is 1. The largest absolute Gasteiger partial charge is 0.493 e. The summed E-state index contributed by atoms with van der Waals surface area (Å²) in [5.74, 6) is 1.73. The van der Waals surface area contributed by atoms with Crippen LogP contribution in [-0.2, 0) is 17.8 Å². The molecule has 0 unspecified atom stereocenters. The summed E-state index contributed by atoms with van der Waals surface area (Å²) >= 11 is 0. The van der Waals surface area contributed by atoms with E-state index in [4.69, 9.17) is 9.47 Å². The lowest BCUT2D eigenvalue weighted by Gasteiger charge is -2.22. The van der Waals surface area contributed by atoms with Gasteiger partial charge in [-0.1, -0.05) is 13.3 Å². The molecule has 0 spiro atoms. The fourth-order valence-electron chi connectivity index (χ4n) is 3.04. The molecule has 5 nitrogen and oxygen atoms in total. The van der Waals surface area contributed by atoms with Gasteiger partial charge < -0.3 is 20.1 Å². The van der Waals surface area contributed by atoms with E-state index in [2.05, 4.69) is 17.6 Å². The average Bonchev–Trinajstić information content (AvgIpc) is 2.60. The van der Waals surface area contributed by atoms with Gasteiger partial charge in [-0.25, -0.2) is 0 Å². The zero-order valence-corrected chi connectivity index (χ0v) is 14.4. The van der Waals surface area contributed by atoms with Crippen LogP contribution in [0.1, 0.15) is 37.3 Å². The molecule has 2 N–H and O–H groups in total. The van der Waals surface area contributed by atoms with Crippen LogP contribution >= 0.6 is 0 Å². The Labute approximate surface area is 138 Å². The van der Waals surface area contributed by atoms with Crippen LogP contribution in [0, 0.1) is 5.92 Å². The van der Waals surface area contributed by atoms with Crippen molar-refractivity contribution in [3.05, 3.63) is 23.3 Å². The number of rotatable bonds is 7. The normalized spacial score (nSPS) is 15.3. The second-order valence-corrected chi connectivity index (χ2v) is 5.97. The van der Waals surface area contributed by atoms with Gasteiger partial charge in [-0.3, -0.25) is 4.79 Å². The summed E-state index contributed by atoms with van der Waals surface area (Å²) < 4.78 is 10.8. The SMILES string of the molecule is CCCc1cc(OC)c(OC)cc1CNC(=O)C1CCNCC1. The summed E-state index contributed by atoms with van der Waals surface area (Å²) in [6.45, 7) is 4.54.